The second kappa shape index (κ2) is 5.88. The van der Waals surface area contributed by atoms with Crippen molar-refractivity contribution in [3.63, 3.8) is 0 Å². The van der Waals surface area contributed by atoms with Crippen LogP contribution in [0.4, 0.5) is 0 Å². The molecule has 0 amide bonds. The maximum atomic E-state index is 13.3. The summed E-state index contributed by atoms with van der Waals surface area (Å²) in [6.07, 6.45) is 0.632. The summed E-state index contributed by atoms with van der Waals surface area (Å²) in [7, 11) is 0. The number of Topliss-reactive ketones (excluding diaryl/α,β-unsaturated/α-hetero) is 1. The first-order valence-electron chi connectivity index (χ1n) is 10.1. The summed E-state index contributed by atoms with van der Waals surface area (Å²) < 4.78 is 0. The van der Waals surface area contributed by atoms with Gasteiger partial charge in [-0.25, -0.2) is 0 Å². The Morgan fingerprint density at radius 2 is 1.38 bits per heavy atom. The van der Waals surface area contributed by atoms with Gasteiger partial charge in [0.15, 0.2) is 5.78 Å². The van der Waals surface area contributed by atoms with Crippen molar-refractivity contribution in [1.82, 2.24) is 0 Å². The van der Waals surface area contributed by atoms with Crippen LogP contribution in [0.5, 0.6) is 0 Å². The fourth-order valence-corrected chi connectivity index (χ4v) is 5.57. The van der Waals surface area contributed by atoms with Crippen LogP contribution in [0, 0.1) is 0 Å². The zero-order valence-corrected chi connectivity index (χ0v) is 15.9. The number of hydrogen-bond acceptors (Lipinski definition) is 2. The number of aliphatic hydroxyl groups is 1. The second-order valence-electron chi connectivity index (χ2n) is 8.17. The van der Waals surface area contributed by atoms with E-state index in [0.717, 1.165) is 38.6 Å². The minimum Gasteiger partial charge on any atom is -0.380 e. The lowest BCUT2D eigenvalue weighted by atomic mass is 9.57. The first-order chi connectivity index (χ1) is 14.2. The average Bonchev–Trinajstić information content (AvgIpc) is 2.78. The maximum Gasteiger partial charge on any atom is 0.170 e. The van der Waals surface area contributed by atoms with Crippen molar-refractivity contribution in [3.05, 3.63) is 119 Å². The van der Waals surface area contributed by atoms with Gasteiger partial charge >= 0.3 is 0 Å². The molecular weight excluding hydrogens is 356 g/mol. The lowest BCUT2D eigenvalue weighted by Gasteiger charge is -2.48. The summed E-state index contributed by atoms with van der Waals surface area (Å²) in [5.74, 6) is -0.187. The van der Waals surface area contributed by atoms with Gasteiger partial charge in [-0.05, 0) is 39.4 Å². The van der Waals surface area contributed by atoms with E-state index in [1.54, 1.807) is 0 Å². The molecule has 6 rings (SSSR count). The molecule has 0 aromatic heterocycles. The van der Waals surface area contributed by atoms with Gasteiger partial charge in [0.25, 0.3) is 0 Å². The summed E-state index contributed by atoms with van der Waals surface area (Å²) in [5, 5.41) is 14.7. The highest BCUT2D eigenvalue weighted by molar-refractivity contribution is 6.04. The van der Waals surface area contributed by atoms with Gasteiger partial charge in [-0.2, -0.15) is 0 Å². The monoisotopic (exact) mass is 376 g/mol. The van der Waals surface area contributed by atoms with E-state index in [-0.39, 0.29) is 17.6 Å². The predicted octanol–water partition coefficient (Wildman–Crippen LogP) is 5.54. The second-order valence-corrected chi connectivity index (χ2v) is 8.17. The third kappa shape index (κ3) is 2.12. The summed E-state index contributed by atoms with van der Waals surface area (Å²) >= 11 is 0. The van der Waals surface area contributed by atoms with Crippen LogP contribution in [0.3, 0.4) is 0 Å². The zero-order valence-electron chi connectivity index (χ0n) is 15.9. The van der Waals surface area contributed by atoms with E-state index in [2.05, 4.69) is 18.2 Å². The smallest absolute Gasteiger partial charge is 0.170 e. The van der Waals surface area contributed by atoms with E-state index < -0.39 is 5.60 Å². The molecule has 2 aliphatic rings. The molecule has 2 nitrogen and oxygen atoms in total. The molecule has 0 saturated carbocycles. The first-order valence-corrected chi connectivity index (χ1v) is 10.1. The van der Waals surface area contributed by atoms with Gasteiger partial charge in [0.05, 0.1) is 0 Å². The third-order valence-corrected chi connectivity index (χ3v) is 6.84. The number of benzene rings is 4. The summed E-state index contributed by atoms with van der Waals surface area (Å²) in [5.41, 5.74) is 3.25. The Kier molecular flexibility index (Phi) is 3.39. The van der Waals surface area contributed by atoms with Crippen molar-refractivity contribution in [3.8, 4) is 0 Å². The number of fused-ring (bicyclic) bond motifs is 7. The highest BCUT2D eigenvalue weighted by Crippen LogP contribution is 2.57. The predicted molar refractivity (Wildman–Crippen MR) is 114 cm³/mol. The van der Waals surface area contributed by atoms with Crippen LogP contribution in [0.2, 0.25) is 0 Å². The Balaban J connectivity index is 1.73. The standard InChI is InChI=1S/C27H20O2/c28-26-21-13-4-3-11-19(21)25-16-22(26)20-12-5-6-14-24(20)27(25,29)23-15-7-9-17-8-1-2-10-18(17)23/h1-15,22,25,29H,16H2/t22-,25-,27-/m1/s1. The molecule has 1 N–H and O–H groups in total. The topological polar surface area (TPSA) is 37.3 Å². The normalized spacial score (nSPS) is 24.8. The molecular formula is C27H20O2. The number of hydrogen-bond donors (Lipinski definition) is 1. The van der Waals surface area contributed by atoms with Crippen molar-refractivity contribution < 1.29 is 9.90 Å². The van der Waals surface area contributed by atoms with Gasteiger partial charge in [-0.3, -0.25) is 4.79 Å². The van der Waals surface area contributed by atoms with Gasteiger partial charge in [0.1, 0.15) is 5.60 Å². The third-order valence-electron chi connectivity index (χ3n) is 6.84. The van der Waals surface area contributed by atoms with Gasteiger partial charge in [-0.15, -0.1) is 0 Å². The SMILES string of the molecule is O=C1c2ccccc2[C@H]2C[C@@H]1c1ccccc1[C@]2(O)c1cccc2ccccc12. The molecule has 0 spiro atoms. The fourth-order valence-electron chi connectivity index (χ4n) is 5.57. The molecule has 0 radical (unpaired) electrons. The molecule has 2 bridgehead atoms. The van der Waals surface area contributed by atoms with Crippen LogP contribution in [0.15, 0.2) is 91.0 Å². The Bertz CT molecular complexity index is 1280. The molecule has 4 aromatic rings. The van der Waals surface area contributed by atoms with E-state index in [4.69, 9.17) is 0 Å². The zero-order chi connectivity index (χ0) is 19.6. The van der Waals surface area contributed by atoms with Gasteiger partial charge in [0, 0.05) is 17.4 Å². The Morgan fingerprint density at radius 3 is 2.28 bits per heavy atom. The minimum absolute atomic E-state index is 0.165. The average molecular weight is 376 g/mol. The molecule has 4 aromatic carbocycles. The van der Waals surface area contributed by atoms with Gasteiger partial charge in [0.2, 0.25) is 0 Å². The van der Waals surface area contributed by atoms with Crippen LogP contribution < -0.4 is 0 Å². The molecule has 0 heterocycles. The van der Waals surface area contributed by atoms with Crippen molar-refractivity contribution in [2.75, 3.05) is 0 Å². The minimum atomic E-state index is -1.19. The number of ketones is 1. The lowest BCUT2D eigenvalue weighted by Crippen LogP contribution is -2.45. The van der Waals surface area contributed by atoms with Crippen LogP contribution in [0.25, 0.3) is 10.8 Å². The van der Waals surface area contributed by atoms with Crippen LogP contribution in [0.1, 0.15) is 50.9 Å². The molecule has 0 saturated heterocycles. The van der Waals surface area contributed by atoms with Gasteiger partial charge < -0.3 is 5.11 Å². The van der Waals surface area contributed by atoms with Crippen molar-refractivity contribution in [2.45, 2.75) is 23.9 Å². The lowest BCUT2D eigenvalue weighted by molar-refractivity contribution is 0.0309. The van der Waals surface area contributed by atoms with Crippen molar-refractivity contribution >= 4 is 16.6 Å². The molecule has 140 valence electrons. The van der Waals surface area contributed by atoms with E-state index in [0.29, 0.717) is 6.42 Å². The number of carbonyl (C=O) groups excluding carboxylic acids is 1. The molecule has 0 aliphatic heterocycles. The fraction of sp³-hybridized carbons (Fsp3) is 0.148. The quantitative estimate of drug-likeness (QED) is 0.473. The molecule has 29 heavy (non-hydrogen) atoms. The van der Waals surface area contributed by atoms with E-state index >= 15 is 0 Å². The molecule has 2 aliphatic carbocycles. The van der Waals surface area contributed by atoms with E-state index in [9.17, 15) is 9.90 Å². The molecule has 2 heteroatoms. The Labute approximate surface area is 169 Å². The van der Waals surface area contributed by atoms with Crippen LogP contribution >= 0.6 is 0 Å². The summed E-state index contributed by atoms with van der Waals surface area (Å²) in [4.78, 5) is 13.3. The number of rotatable bonds is 1. The Morgan fingerprint density at radius 1 is 0.724 bits per heavy atom. The highest BCUT2D eigenvalue weighted by Gasteiger charge is 2.53. The highest BCUT2D eigenvalue weighted by atomic mass is 16.3. The summed E-state index contributed by atoms with van der Waals surface area (Å²) in [6.45, 7) is 0. The van der Waals surface area contributed by atoms with Crippen LogP contribution in [-0.4, -0.2) is 10.9 Å². The largest absolute Gasteiger partial charge is 0.380 e. The van der Waals surface area contributed by atoms with E-state index in [1.807, 2.05) is 72.8 Å². The Hall–Kier alpha value is -3.23. The van der Waals surface area contributed by atoms with E-state index in [1.165, 1.54) is 0 Å². The van der Waals surface area contributed by atoms with Gasteiger partial charge in [-0.1, -0.05) is 91.0 Å². The van der Waals surface area contributed by atoms with Crippen molar-refractivity contribution in [1.29, 1.82) is 0 Å². The number of carbonyl (C=O) groups is 1. The summed E-state index contributed by atoms with van der Waals surface area (Å²) in [6, 6.07) is 30.1. The van der Waals surface area contributed by atoms with Crippen LogP contribution in [-0.2, 0) is 5.60 Å². The first kappa shape index (κ1) is 16.7. The molecule has 0 fully saturated rings. The molecule has 0 unspecified atom stereocenters. The maximum absolute atomic E-state index is 13.3. The van der Waals surface area contributed by atoms with Crippen molar-refractivity contribution in [2.24, 2.45) is 0 Å². The molecule has 3 atom stereocenters.